The highest BCUT2D eigenvalue weighted by Crippen LogP contribution is 2.39. The van der Waals surface area contributed by atoms with Crippen LogP contribution in [0.4, 0.5) is 13.2 Å². The van der Waals surface area contributed by atoms with Crippen molar-refractivity contribution in [2.75, 3.05) is 7.11 Å². The Balaban J connectivity index is 3.13. The van der Waals surface area contributed by atoms with Crippen LogP contribution in [0.25, 0.3) is 0 Å². The van der Waals surface area contributed by atoms with Gasteiger partial charge in [0.15, 0.2) is 0 Å². The minimum Gasteiger partial charge on any atom is -0.349 e. The van der Waals surface area contributed by atoms with Crippen LogP contribution >= 0.6 is 11.6 Å². The van der Waals surface area contributed by atoms with Crippen LogP contribution in [0.1, 0.15) is 10.4 Å². The summed E-state index contributed by atoms with van der Waals surface area (Å²) in [5.41, 5.74) is -0.156. The van der Waals surface area contributed by atoms with Crippen LogP contribution in [0.3, 0.4) is 0 Å². The summed E-state index contributed by atoms with van der Waals surface area (Å²) >= 11 is 5.19. The van der Waals surface area contributed by atoms with Gasteiger partial charge in [0.2, 0.25) is 5.78 Å². The molecule has 1 unspecified atom stereocenters. The molecule has 0 saturated carbocycles. The summed E-state index contributed by atoms with van der Waals surface area (Å²) in [4.78, 5) is 11.6. The zero-order chi connectivity index (χ0) is 12.4. The molecule has 0 aromatic heterocycles. The van der Waals surface area contributed by atoms with Gasteiger partial charge in [0, 0.05) is 12.7 Å². The second-order valence-electron chi connectivity index (χ2n) is 2.99. The topological polar surface area (TPSA) is 26.3 Å². The number of benzene rings is 1. The minimum atomic E-state index is -4.98. The third-order valence-corrected chi connectivity index (χ3v) is 2.51. The summed E-state index contributed by atoms with van der Waals surface area (Å²) in [7, 11) is 0.737. The van der Waals surface area contributed by atoms with Crippen molar-refractivity contribution in [2.45, 2.75) is 11.2 Å². The monoisotopic (exact) mass is 252 g/mol. The van der Waals surface area contributed by atoms with Gasteiger partial charge in [0.1, 0.15) is 0 Å². The molecule has 6 heteroatoms. The van der Waals surface area contributed by atoms with Crippen LogP contribution in [0.5, 0.6) is 0 Å². The molecule has 0 amide bonds. The molecule has 2 nitrogen and oxygen atoms in total. The Morgan fingerprint density at radius 3 is 2.12 bits per heavy atom. The third-order valence-electron chi connectivity index (χ3n) is 1.97. The van der Waals surface area contributed by atoms with Crippen molar-refractivity contribution >= 4 is 17.4 Å². The zero-order valence-electron chi connectivity index (χ0n) is 8.22. The lowest BCUT2D eigenvalue weighted by atomic mass is 10.1. The summed E-state index contributed by atoms with van der Waals surface area (Å²) < 4.78 is 41.8. The maximum Gasteiger partial charge on any atom is 0.439 e. The fourth-order valence-electron chi connectivity index (χ4n) is 1.11. The molecule has 0 aliphatic rings. The van der Waals surface area contributed by atoms with Gasteiger partial charge in [-0.3, -0.25) is 4.79 Å². The van der Waals surface area contributed by atoms with E-state index in [9.17, 15) is 18.0 Å². The quantitative estimate of drug-likeness (QED) is 0.611. The van der Waals surface area contributed by atoms with Crippen LogP contribution in [0.2, 0.25) is 0 Å². The molecular formula is C10H8ClF3O2. The maximum absolute atomic E-state index is 12.6. The van der Waals surface area contributed by atoms with Gasteiger partial charge in [-0.25, -0.2) is 0 Å². The van der Waals surface area contributed by atoms with Crippen molar-refractivity contribution in [3.63, 3.8) is 0 Å². The van der Waals surface area contributed by atoms with E-state index in [1.54, 1.807) is 6.07 Å². The van der Waals surface area contributed by atoms with Gasteiger partial charge in [-0.2, -0.15) is 13.2 Å². The number of carbonyl (C=O) groups excluding carboxylic acids is 1. The molecule has 0 heterocycles. The first-order chi connectivity index (χ1) is 7.33. The summed E-state index contributed by atoms with van der Waals surface area (Å²) in [6.45, 7) is 0. The van der Waals surface area contributed by atoms with Crippen molar-refractivity contribution in [1.29, 1.82) is 0 Å². The van der Waals surface area contributed by atoms with Gasteiger partial charge in [0.05, 0.1) is 0 Å². The molecule has 1 atom stereocenters. The van der Waals surface area contributed by atoms with Crippen LogP contribution in [0.15, 0.2) is 30.3 Å². The van der Waals surface area contributed by atoms with E-state index in [0.717, 1.165) is 7.11 Å². The van der Waals surface area contributed by atoms with Gasteiger partial charge in [-0.15, -0.1) is 0 Å². The Hall–Kier alpha value is -1.07. The number of hydrogen-bond acceptors (Lipinski definition) is 2. The van der Waals surface area contributed by atoms with Crippen molar-refractivity contribution in [1.82, 2.24) is 0 Å². The maximum atomic E-state index is 12.6. The lowest BCUT2D eigenvalue weighted by molar-refractivity contribution is -0.213. The number of carbonyl (C=O) groups is 1. The predicted molar refractivity (Wildman–Crippen MR) is 52.4 cm³/mol. The van der Waals surface area contributed by atoms with Crippen molar-refractivity contribution < 1.29 is 22.7 Å². The Morgan fingerprint density at radius 1 is 1.25 bits per heavy atom. The number of Topliss-reactive ketones (excluding diaryl/α,β-unsaturated/α-hetero) is 1. The van der Waals surface area contributed by atoms with Gasteiger partial charge < -0.3 is 4.74 Å². The van der Waals surface area contributed by atoms with E-state index in [1.165, 1.54) is 24.3 Å². The molecule has 1 aromatic rings. The van der Waals surface area contributed by atoms with Gasteiger partial charge in [-0.05, 0) is 0 Å². The number of halogens is 4. The summed E-state index contributed by atoms with van der Waals surface area (Å²) in [5.74, 6) is -1.33. The Labute approximate surface area is 95.0 Å². The molecule has 0 aliphatic heterocycles. The number of rotatable bonds is 3. The second kappa shape index (κ2) is 4.43. The molecular weight excluding hydrogens is 245 g/mol. The van der Waals surface area contributed by atoms with Crippen molar-refractivity contribution in [3.05, 3.63) is 35.9 Å². The van der Waals surface area contributed by atoms with E-state index >= 15 is 0 Å². The van der Waals surface area contributed by atoms with E-state index in [2.05, 4.69) is 4.74 Å². The largest absolute Gasteiger partial charge is 0.439 e. The fraction of sp³-hybridized carbons (Fsp3) is 0.300. The number of methoxy groups -OCH3 is 1. The normalized spacial score (nSPS) is 15.6. The molecule has 0 bridgehead atoms. The first-order valence-electron chi connectivity index (χ1n) is 4.23. The van der Waals surface area contributed by atoms with Gasteiger partial charge in [-0.1, -0.05) is 41.9 Å². The highest BCUT2D eigenvalue weighted by molar-refractivity contribution is 6.37. The van der Waals surface area contributed by atoms with E-state index in [-0.39, 0.29) is 5.56 Å². The summed E-state index contributed by atoms with van der Waals surface area (Å²) in [6.07, 6.45) is -4.98. The Morgan fingerprint density at radius 2 is 1.75 bits per heavy atom. The van der Waals surface area contributed by atoms with Crippen LogP contribution in [0, 0.1) is 0 Å². The molecule has 0 aliphatic carbocycles. The summed E-state index contributed by atoms with van der Waals surface area (Å²) in [6, 6.07) is 6.94. The predicted octanol–water partition coefficient (Wildman–Crippen LogP) is 3.01. The lowest BCUT2D eigenvalue weighted by Gasteiger charge is -2.26. The average Bonchev–Trinajstić information content (AvgIpc) is 2.26. The molecule has 0 fully saturated rings. The number of alkyl halides is 4. The van der Waals surface area contributed by atoms with E-state index in [1.807, 2.05) is 0 Å². The summed E-state index contributed by atoms with van der Waals surface area (Å²) in [5, 5.41) is -3.33. The van der Waals surface area contributed by atoms with Gasteiger partial charge in [0.25, 0.3) is 0 Å². The van der Waals surface area contributed by atoms with Crippen LogP contribution in [-0.2, 0) is 4.74 Å². The highest BCUT2D eigenvalue weighted by Gasteiger charge is 2.60. The first-order valence-corrected chi connectivity index (χ1v) is 4.61. The average molecular weight is 253 g/mol. The molecule has 0 saturated heterocycles. The lowest BCUT2D eigenvalue weighted by Crippen LogP contribution is -2.48. The molecule has 1 aromatic carbocycles. The first kappa shape index (κ1) is 13.0. The SMILES string of the molecule is COC(Cl)(C(=O)c1ccccc1)C(F)(F)F. The highest BCUT2D eigenvalue weighted by atomic mass is 35.5. The Bertz CT molecular complexity index is 377. The molecule has 88 valence electrons. The Kier molecular flexibility index (Phi) is 3.60. The standard InChI is InChI=1S/C10H8ClF3O2/c1-16-9(11,10(12,13)14)8(15)7-5-3-2-4-6-7/h2-6H,1H3. The van der Waals surface area contributed by atoms with Crippen LogP contribution < -0.4 is 0 Å². The molecule has 0 radical (unpaired) electrons. The third kappa shape index (κ3) is 2.20. The fourth-order valence-corrected chi connectivity index (χ4v) is 1.22. The van der Waals surface area contributed by atoms with Crippen molar-refractivity contribution in [3.8, 4) is 0 Å². The molecule has 0 N–H and O–H groups in total. The van der Waals surface area contributed by atoms with E-state index in [0.29, 0.717) is 0 Å². The van der Waals surface area contributed by atoms with Gasteiger partial charge >= 0.3 is 11.2 Å². The second-order valence-corrected chi connectivity index (χ2v) is 3.52. The molecule has 1 rings (SSSR count). The van der Waals surface area contributed by atoms with Crippen molar-refractivity contribution in [2.24, 2.45) is 0 Å². The number of ketones is 1. The number of hydrogen-bond donors (Lipinski definition) is 0. The minimum absolute atomic E-state index is 0.156. The molecule has 16 heavy (non-hydrogen) atoms. The zero-order valence-corrected chi connectivity index (χ0v) is 8.97. The molecule has 0 spiro atoms. The smallest absolute Gasteiger partial charge is 0.349 e. The van der Waals surface area contributed by atoms with Crippen LogP contribution in [-0.4, -0.2) is 24.1 Å². The van der Waals surface area contributed by atoms with E-state index < -0.39 is 17.0 Å². The number of ether oxygens (including phenoxy) is 1. The van der Waals surface area contributed by atoms with E-state index in [4.69, 9.17) is 11.6 Å².